The van der Waals surface area contributed by atoms with Crippen molar-refractivity contribution < 1.29 is 0 Å². The molecular formula is C16H21N3S. The fourth-order valence-corrected chi connectivity index (χ4v) is 2.61. The Hall–Kier alpha value is -1.39. The predicted molar refractivity (Wildman–Crippen MR) is 84.7 cm³/mol. The molecule has 1 N–H and O–H groups in total. The van der Waals surface area contributed by atoms with E-state index in [9.17, 15) is 0 Å². The maximum Gasteiger partial charge on any atom is 0.187 e. The minimum absolute atomic E-state index is 0.477. The summed E-state index contributed by atoms with van der Waals surface area (Å²) in [4.78, 5) is 8.83. The molecule has 0 aliphatic heterocycles. The fraction of sp³-hybridized carbons (Fsp3) is 0.375. The topological polar surface area (TPSA) is 37.8 Å². The quantitative estimate of drug-likeness (QED) is 0.651. The van der Waals surface area contributed by atoms with E-state index in [0.29, 0.717) is 6.04 Å². The van der Waals surface area contributed by atoms with Gasteiger partial charge in [0.1, 0.15) is 0 Å². The number of nitrogens with zero attached hydrogens (tertiary/aromatic N) is 2. The van der Waals surface area contributed by atoms with Gasteiger partial charge in [-0.1, -0.05) is 49.9 Å². The standard InChI is InChI=1S/C16H21N3S/c1-12(2)17-8-14-9-18-16(19-10-14)20-11-15-7-5-4-6-13(15)3/h4-7,9-10,12,17H,8,11H2,1-3H3. The zero-order chi connectivity index (χ0) is 14.4. The summed E-state index contributed by atoms with van der Waals surface area (Å²) in [6.07, 6.45) is 3.81. The Morgan fingerprint density at radius 2 is 1.85 bits per heavy atom. The zero-order valence-corrected chi connectivity index (χ0v) is 13.1. The first kappa shape index (κ1) is 15.0. The van der Waals surface area contributed by atoms with Crippen LogP contribution in [0.3, 0.4) is 0 Å². The second kappa shape index (κ2) is 7.41. The van der Waals surface area contributed by atoms with Crippen LogP contribution >= 0.6 is 11.8 Å². The van der Waals surface area contributed by atoms with E-state index >= 15 is 0 Å². The first-order chi connectivity index (χ1) is 9.65. The van der Waals surface area contributed by atoms with Crippen molar-refractivity contribution in [1.82, 2.24) is 15.3 Å². The fourth-order valence-electron chi connectivity index (χ4n) is 1.75. The van der Waals surface area contributed by atoms with Gasteiger partial charge < -0.3 is 5.32 Å². The van der Waals surface area contributed by atoms with E-state index < -0.39 is 0 Å². The average Bonchev–Trinajstić information content (AvgIpc) is 2.45. The minimum atomic E-state index is 0.477. The highest BCUT2D eigenvalue weighted by Gasteiger charge is 2.02. The number of aromatic nitrogens is 2. The van der Waals surface area contributed by atoms with Crippen molar-refractivity contribution in [3.63, 3.8) is 0 Å². The third-order valence-corrected chi connectivity index (χ3v) is 3.94. The number of nitrogens with one attached hydrogen (secondary N) is 1. The zero-order valence-electron chi connectivity index (χ0n) is 12.3. The third kappa shape index (κ3) is 4.62. The molecule has 0 saturated carbocycles. The van der Waals surface area contributed by atoms with Gasteiger partial charge >= 0.3 is 0 Å². The van der Waals surface area contributed by atoms with Gasteiger partial charge in [0.25, 0.3) is 0 Å². The average molecular weight is 287 g/mol. The summed E-state index contributed by atoms with van der Waals surface area (Å²) >= 11 is 1.68. The van der Waals surface area contributed by atoms with Gasteiger partial charge in [0.15, 0.2) is 5.16 Å². The SMILES string of the molecule is Cc1ccccc1CSc1ncc(CNC(C)C)cn1. The van der Waals surface area contributed by atoms with Crippen molar-refractivity contribution in [2.45, 2.75) is 44.3 Å². The monoisotopic (exact) mass is 287 g/mol. The van der Waals surface area contributed by atoms with Crippen molar-refractivity contribution in [3.8, 4) is 0 Å². The van der Waals surface area contributed by atoms with Crippen molar-refractivity contribution >= 4 is 11.8 Å². The Kier molecular flexibility index (Phi) is 5.56. The Labute approximate surface area is 125 Å². The van der Waals surface area contributed by atoms with Gasteiger partial charge in [-0.2, -0.15) is 0 Å². The van der Waals surface area contributed by atoms with Crippen LogP contribution in [-0.2, 0) is 12.3 Å². The first-order valence-electron chi connectivity index (χ1n) is 6.87. The van der Waals surface area contributed by atoms with Crippen LogP contribution < -0.4 is 5.32 Å². The number of aryl methyl sites for hydroxylation is 1. The van der Waals surface area contributed by atoms with E-state index in [1.54, 1.807) is 11.8 Å². The summed E-state index contributed by atoms with van der Waals surface area (Å²) in [5.41, 5.74) is 3.78. The van der Waals surface area contributed by atoms with E-state index in [1.807, 2.05) is 12.4 Å². The maximum atomic E-state index is 4.41. The molecule has 3 nitrogen and oxygen atoms in total. The highest BCUT2D eigenvalue weighted by molar-refractivity contribution is 7.98. The van der Waals surface area contributed by atoms with Crippen LogP contribution in [0.15, 0.2) is 41.8 Å². The third-order valence-electron chi connectivity index (χ3n) is 3.01. The second-order valence-corrected chi connectivity index (χ2v) is 6.07. The summed E-state index contributed by atoms with van der Waals surface area (Å²) < 4.78 is 0. The molecule has 1 heterocycles. The van der Waals surface area contributed by atoms with Gasteiger partial charge in [0, 0.05) is 36.3 Å². The summed E-state index contributed by atoms with van der Waals surface area (Å²) in [5, 5.41) is 4.19. The summed E-state index contributed by atoms with van der Waals surface area (Å²) in [7, 11) is 0. The van der Waals surface area contributed by atoms with Gasteiger partial charge in [-0.3, -0.25) is 0 Å². The molecule has 1 aromatic carbocycles. The normalized spacial score (nSPS) is 11.0. The van der Waals surface area contributed by atoms with Crippen molar-refractivity contribution in [2.75, 3.05) is 0 Å². The van der Waals surface area contributed by atoms with Crippen molar-refractivity contribution in [1.29, 1.82) is 0 Å². The molecule has 0 amide bonds. The maximum absolute atomic E-state index is 4.41. The number of benzene rings is 1. The second-order valence-electron chi connectivity index (χ2n) is 5.12. The lowest BCUT2D eigenvalue weighted by atomic mass is 10.1. The van der Waals surface area contributed by atoms with Gasteiger partial charge in [-0.25, -0.2) is 9.97 Å². The molecule has 0 atom stereocenters. The van der Waals surface area contributed by atoms with Gasteiger partial charge in [0.05, 0.1) is 0 Å². The number of rotatable bonds is 6. The Bertz CT molecular complexity index is 538. The highest BCUT2D eigenvalue weighted by atomic mass is 32.2. The van der Waals surface area contributed by atoms with Crippen LogP contribution in [0.4, 0.5) is 0 Å². The molecule has 0 aliphatic rings. The van der Waals surface area contributed by atoms with E-state index in [0.717, 1.165) is 23.0 Å². The minimum Gasteiger partial charge on any atom is -0.310 e. The van der Waals surface area contributed by atoms with Crippen molar-refractivity contribution in [2.24, 2.45) is 0 Å². The molecule has 2 rings (SSSR count). The van der Waals surface area contributed by atoms with Crippen LogP contribution in [0, 0.1) is 6.92 Å². The molecule has 4 heteroatoms. The highest BCUT2D eigenvalue weighted by Crippen LogP contribution is 2.20. The van der Waals surface area contributed by atoms with Crippen LogP contribution in [0.25, 0.3) is 0 Å². The molecule has 106 valence electrons. The molecule has 2 aromatic rings. The molecular weight excluding hydrogens is 266 g/mol. The molecule has 0 unspecified atom stereocenters. The molecule has 0 radical (unpaired) electrons. The van der Waals surface area contributed by atoms with Gasteiger partial charge in [-0.05, 0) is 18.1 Å². The van der Waals surface area contributed by atoms with Crippen LogP contribution in [0.5, 0.6) is 0 Å². The summed E-state index contributed by atoms with van der Waals surface area (Å²) in [6.45, 7) is 7.22. The lowest BCUT2D eigenvalue weighted by Gasteiger charge is -2.08. The Morgan fingerprint density at radius 3 is 2.50 bits per heavy atom. The molecule has 1 aromatic heterocycles. The van der Waals surface area contributed by atoms with E-state index in [2.05, 4.69) is 60.3 Å². The number of hydrogen-bond acceptors (Lipinski definition) is 4. The van der Waals surface area contributed by atoms with Crippen molar-refractivity contribution in [3.05, 3.63) is 53.3 Å². The first-order valence-corrected chi connectivity index (χ1v) is 7.85. The van der Waals surface area contributed by atoms with E-state index in [1.165, 1.54) is 11.1 Å². The summed E-state index contributed by atoms with van der Waals surface area (Å²) in [5.74, 6) is 0.913. The number of hydrogen-bond donors (Lipinski definition) is 1. The van der Waals surface area contributed by atoms with Gasteiger partial charge in [0.2, 0.25) is 0 Å². The molecule has 0 saturated heterocycles. The summed E-state index contributed by atoms with van der Waals surface area (Å²) in [6, 6.07) is 8.91. The lowest BCUT2D eigenvalue weighted by molar-refractivity contribution is 0.585. The van der Waals surface area contributed by atoms with Crippen LogP contribution in [0.1, 0.15) is 30.5 Å². The largest absolute Gasteiger partial charge is 0.310 e. The Balaban J connectivity index is 1.89. The molecule has 0 fully saturated rings. The molecule has 0 bridgehead atoms. The van der Waals surface area contributed by atoms with E-state index in [4.69, 9.17) is 0 Å². The molecule has 20 heavy (non-hydrogen) atoms. The van der Waals surface area contributed by atoms with E-state index in [-0.39, 0.29) is 0 Å². The molecule has 0 spiro atoms. The lowest BCUT2D eigenvalue weighted by Crippen LogP contribution is -2.21. The Morgan fingerprint density at radius 1 is 1.15 bits per heavy atom. The molecule has 0 aliphatic carbocycles. The van der Waals surface area contributed by atoms with Crippen LogP contribution in [-0.4, -0.2) is 16.0 Å². The van der Waals surface area contributed by atoms with Gasteiger partial charge in [-0.15, -0.1) is 0 Å². The number of thioether (sulfide) groups is 1. The predicted octanol–water partition coefficient (Wildman–Crippen LogP) is 3.58. The van der Waals surface area contributed by atoms with Crippen LogP contribution in [0.2, 0.25) is 0 Å². The smallest absolute Gasteiger partial charge is 0.187 e.